The van der Waals surface area contributed by atoms with E-state index in [9.17, 15) is 0 Å². The first kappa shape index (κ1) is 15.0. The minimum Gasteiger partial charge on any atom is -0.370 e. The van der Waals surface area contributed by atoms with Crippen LogP contribution in [0.25, 0.3) is 0 Å². The molecule has 1 N–H and O–H groups in total. The van der Waals surface area contributed by atoms with E-state index >= 15 is 0 Å². The van der Waals surface area contributed by atoms with Gasteiger partial charge in [0.1, 0.15) is 0 Å². The molecule has 0 amide bonds. The zero-order valence-electron chi connectivity index (χ0n) is 12.2. The van der Waals surface area contributed by atoms with Crippen LogP contribution in [0, 0.1) is 5.92 Å². The molecule has 2 heteroatoms. The zero-order valence-corrected chi connectivity index (χ0v) is 12.2. The standard InChI is InChI=1S/C15H31NO/c1-5-13-10-8-9-11-14(13)17-15(4,6-2)12-16-7-3/h13-14,16H,5-12H2,1-4H3. The summed E-state index contributed by atoms with van der Waals surface area (Å²) in [5.41, 5.74) is 0.0193. The summed E-state index contributed by atoms with van der Waals surface area (Å²) in [6.45, 7) is 11.0. The highest BCUT2D eigenvalue weighted by Crippen LogP contribution is 2.32. The maximum Gasteiger partial charge on any atom is 0.0779 e. The van der Waals surface area contributed by atoms with Crippen LogP contribution < -0.4 is 5.32 Å². The summed E-state index contributed by atoms with van der Waals surface area (Å²) in [6, 6.07) is 0. The highest BCUT2D eigenvalue weighted by atomic mass is 16.5. The Bertz CT molecular complexity index is 207. The van der Waals surface area contributed by atoms with Gasteiger partial charge in [0.05, 0.1) is 11.7 Å². The van der Waals surface area contributed by atoms with Crippen LogP contribution in [0.2, 0.25) is 0 Å². The molecule has 1 aliphatic carbocycles. The molecule has 0 spiro atoms. The molecule has 0 aromatic heterocycles. The molecule has 0 heterocycles. The summed E-state index contributed by atoms with van der Waals surface area (Å²) in [7, 11) is 0. The summed E-state index contributed by atoms with van der Waals surface area (Å²) >= 11 is 0. The summed E-state index contributed by atoms with van der Waals surface area (Å²) in [5, 5.41) is 3.44. The molecule has 102 valence electrons. The Morgan fingerprint density at radius 3 is 2.47 bits per heavy atom. The van der Waals surface area contributed by atoms with Gasteiger partial charge in [0, 0.05) is 6.54 Å². The molecule has 17 heavy (non-hydrogen) atoms. The van der Waals surface area contributed by atoms with E-state index in [-0.39, 0.29) is 5.60 Å². The van der Waals surface area contributed by atoms with Gasteiger partial charge in [0.25, 0.3) is 0 Å². The van der Waals surface area contributed by atoms with Gasteiger partial charge in [-0.15, -0.1) is 0 Å². The van der Waals surface area contributed by atoms with Crippen molar-refractivity contribution < 1.29 is 4.74 Å². The highest BCUT2D eigenvalue weighted by Gasteiger charge is 2.32. The molecule has 0 aromatic carbocycles. The fourth-order valence-corrected chi connectivity index (χ4v) is 2.80. The Morgan fingerprint density at radius 1 is 1.18 bits per heavy atom. The van der Waals surface area contributed by atoms with Crippen LogP contribution in [-0.4, -0.2) is 24.8 Å². The average molecular weight is 241 g/mol. The molecule has 1 rings (SSSR count). The third-order valence-corrected chi connectivity index (χ3v) is 4.30. The van der Waals surface area contributed by atoms with E-state index in [0.29, 0.717) is 6.10 Å². The number of hydrogen-bond acceptors (Lipinski definition) is 2. The van der Waals surface area contributed by atoms with Crippen molar-refractivity contribution in [3.05, 3.63) is 0 Å². The fourth-order valence-electron chi connectivity index (χ4n) is 2.80. The number of ether oxygens (including phenoxy) is 1. The molecule has 2 nitrogen and oxygen atoms in total. The van der Waals surface area contributed by atoms with Crippen molar-refractivity contribution in [2.24, 2.45) is 5.92 Å². The van der Waals surface area contributed by atoms with Crippen LogP contribution >= 0.6 is 0 Å². The first-order valence-electron chi connectivity index (χ1n) is 7.53. The molecular formula is C15H31NO. The minimum atomic E-state index is 0.0193. The van der Waals surface area contributed by atoms with Gasteiger partial charge in [-0.2, -0.15) is 0 Å². The number of nitrogens with one attached hydrogen (secondary N) is 1. The summed E-state index contributed by atoms with van der Waals surface area (Å²) in [6.07, 6.45) is 8.23. The van der Waals surface area contributed by atoms with Crippen LogP contribution in [0.4, 0.5) is 0 Å². The summed E-state index contributed by atoms with van der Waals surface area (Å²) in [5.74, 6) is 0.788. The smallest absolute Gasteiger partial charge is 0.0779 e. The Balaban J connectivity index is 2.52. The van der Waals surface area contributed by atoms with Crippen molar-refractivity contribution in [3.63, 3.8) is 0 Å². The topological polar surface area (TPSA) is 21.3 Å². The minimum absolute atomic E-state index is 0.0193. The van der Waals surface area contributed by atoms with Crippen LogP contribution in [0.15, 0.2) is 0 Å². The monoisotopic (exact) mass is 241 g/mol. The fraction of sp³-hybridized carbons (Fsp3) is 1.00. The molecule has 0 saturated heterocycles. The SMILES string of the molecule is CCNCC(C)(CC)OC1CCCCC1CC. The molecule has 3 atom stereocenters. The summed E-state index contributed by atoms with van der Waals surface area (Å²) in [4.78, 5) is 0. The van der Waals surface area contributed by atoms with Crippen LogP contribution in [-0.2, 0) is 4.74 Å². The van der Waals surface area contributed by atoms with Crippen molar-refractivity contribution in [3.8, 4) is 0 Å². The van der Waals surface area contributed by atoms with Crippen LogP contribution in [0.5, 0.6) is 0 Å². The molecule has 1 aliphatic rings. The second kappa shape index (κ2) is 7.38. The van der Waals surface area contributed by atoms with Gasteiger partial charge in [-0.3, -0.25) is 0 Å². The lowest BCUT2D eigenvalue weighted by Crippen LogP contribution is -2.45. The second-order valence-corrected chi connectivity index (χ2v) is 5.69. The molecular weight excluding hydrogens is 210 g/mol. The first-order chi connectivity index (χ1) is 8.15. The lowest BCUT2D eigenvalue weighted by molar-refractivity contribution is -0.117. The normalized spacial score (nSPS) is 28.9. The van der Waals surface area contributed by atoms with E-state index in [4.69, 9.17) is 4.74 Å². The van der Waals surface area contributed by atoms with Crippen LogP contribution in [0.1, 0.15) is 66.2 Å². The molecule has 1 fully saturated rings. The third kappa shape index (κ3) is 4.59. The second-order valence-electron chi connectivity index (χ2n) is 5.69. The molecule has 0 radical (unpaired) electrons. The lowest BCUT2D eigenvalue weighted by Gasteiger charge is -2.39. The van der Waals surface area contributed by atoms with Gasteiger partial charge >= 0.3 is 0 Å². The molecule has 0 bridgehead atoms. The quantitative estimate of drug-likeness (QED) is 0.733. The van der Waals surface area contributed by atoms with E-state index in [2.05, 4.69) is 33.0 Å². The van der Waals surface area contributed by atoms with Crippen molar-refractivity contribution in [2.45, 2.75) is 77.9 Å². The van der Waals surface area contributed by atoms with E-state index in [1.165, 1.54) is 32.1 Å². The first-order valence-corrected chi connectivity index (χ1v) is 7.53. The number of hydrogen-bond donors (Lipinski definition) is 1. The van der Waals surface area contributed by atoms with E-state index < -0.39 is 0 Å². The maximum atomic E-state index is 6.47. The van der Waals surface area contributed by atoms with Gasteiger partial charge in [-0.25, -0.2) is 0 Å². The largest absolute Gasteiger partial charge is 0.370 e. The van der Waals surface area contributed by atoms with Crippen molar-refractivity contribution in [1.29, 1.82) is 0 Å². The number of likely N-dealkylation sites (N-methyl/N-ethyl adjacent to an activating group) is 1. The van der Waals surface area contributed by atoms with Gasteiger partial charge in [0.2, 0.25) is 0 Å². The molecule has 0 aliphatic heterocycles. The van der Waals surface area contributed by atoms with E-state index in [1.807, 2.05) is 0 Å². The molecule has 0 aromatic rings. The van der Waals surface area contributed by atoms with E-state index in [0.717, 1.165) is 25.4 Å². The van der Waals surface area contributed by atoms with Crippen molar-refractivity contribution >= 4 is 0 Å². The predicted molar refractivity (Wildman–Crippen MR) is 74.4 cm³/mol. The van der Waals surface area contributed by atoms with Gasteiger partial charge in [-0.1, -0.05) is 40.0 Å². The highest BCUT2D eigenvalue weighted by molar-refractivity contribution is 4.82. The van der Waals surface area contributed by atoms with Crippen molar-refractivity contribution in [1.82, 2.24) is 5.32 Å². The van der Waals surface area contributed by atoms with Crippen LogP contribution in [0.3, 0.4) is 0 Å². The van der Waals surface area contributed by atoms with Gasteiger partial charge in [-0.05, 0) is 38.6 Å². The van der Waals surface area contributed by atoms with Gasteiger partial charge < -0.3 is 10.1 Å². The Labute approximate surface area is 108 Å². The Morgan fingerprint density at radius 2 is 1.88 bits per heavy atom. The Kier molecular flexibility index (Phi) is 6.50. The van der Waals surface area contributed by atoms with Crippen molar-refractivity contribution in [2.75, 3.05) is 13.1 Å². The third-order valence-electron chi connectivity index (χ3n) is 4.30. The molecule has 1 saturated carbocycles. The van der Waals surface area contributed by atoms with Gasteiger partial charge in [0.15, 0.2) is 0 Å². The zero-order chi connectivity index (χ0) is 12.7. The number of rotatable bonds is 7. The predicted octanol–water partition coefficient (Wildman–Crippen LogP) is 3.75. The average Bonchev–Trinajstić information content (AvgIpc) is 2.37. The maximum absolute atomic E-state index is 6.47. The molecule has 3 unspecified atom stereocenters. The van der Waals surface area contributed by atoms with E-state index in [1.54, 1.807) is 0 Å². The lowest BCUT2D eigenvalue weighted by atomic mass is 9.84. The Hall–Kier alpha value is -0.0800. The summed E-state index contributed by atoms with van der Waals surface area (Å²) < 4.78 is 6.47.